The minimum Gasteiger partial charge on any atom is -0.464 e. The topological polar surface area (TPSA) is 55.8 Å². The van der Waals surface area contributed by atoms with E-state index < -0.39 is 17.7 Å². The van der Waals surface area contributed by atoms with E-state index in [1.807, 2.05) is 27.7 Å². The highest BCUT2D eigenvalue weighted by Gasteiger charge is 2.37. The number of ether oxygens (including phenoxy) is 2. The van der Waals surface area contributed by atoms with Gasteiger partial charge in [0.05, 0.1) is 6.61 Å². The monoisotopic (exact) mass is 257 g/mol. The van der Waals surface area contributed by atoms with Crippen LogP contribution < -0.4 is 0 Å². The summed E-state index contributed by atoms with van der Waals surface area (Å²) in [6.45, 7) is 8.33. The van der Waals surface area contributed by atoms with Gasteiger partial charge in [-0.1, -0.05) is 6.92 Å². The lowest BCUT2D eigenvalue weighted by Crippen LogP contribution is -2.44. The molecule has 0 bridgehead atoms. The maximum Gasteiger partial charge on any atom is 0.411 e. The lowest BCUT2D eigenvalue weighted by Gasteiger charge is -2.27. The van der Waals surface area contributed by atoms with E-state index in [2.05, 4.69) is 0 Å². The van der Waals surface area contributed by atoms with Crippen molar-refractivity contribution >= 4 is 12.1 Å². The van der Waals surface area contributed by atoms with E-state index in [0.29, 0.717) is 19.6 Å². The van der Waals surface area contributed by atoms with E-state index in [4.69, 9.17) is 9.47 Å². The third-order valence-electron chi connectivity index (χ3n) is 2.60. The van der Waals surface area contributed by atoms with Gasteiger partial charge in [-0.15, -0.1) is 0 Å². The molecule has 1 aliphatic rings. The molecule has 0 aromatic heterocycles. The Morgan fingerprint density at radius 3 is 2.56 bits per heavy atom. The summed E-state index contributed by atoms with van der Waals surface area (Å²) in [5, 5.41) is 0. The van der Waals surface area contributed by atoms with Crippen LogP contribution in [0, 0.1) is 0 Å². The minimum absolute atomic E-state index is 0.319. The third kappa shape index (κ3) is 4.20. The maximum absolute atomic E-state index is 11.9. The van der Waals surface area contributed by atoms with Crippen LogP contribution in [0.4, 0.5) is 4.79 Å². The molecule has 18 heavy (non-hydrogen) atoms. The molecule has 1 saturated heterocycles. The second-order valence-corrected chi connectivity index (χ2v) is 5.50. The van der Waals surface area contributed by atoms with Crippen molar-refractivity contribution in [2.45, 2.75) is 58.6 Å². The molecule has 1 fully saturated rings. The van der Waals surface area contributed by atoms with E-state index in [9.17, 15) is 9.59 Å². The molecule has 1 heterocycles. The fraction of sp³-hybridized carbons (Fsp3) is 0.846. The van der Waals surface area contributed by atoms with Crippen molar-refractivity contribution in [3.8, 4) is 0 Å². The summed E-state index contributed by atoms with van der Waals surface area (Å²) in [5.41, 5.74) is -0.544. The molecule has 0 saturated carbocycles. The minimum atomic E-state index is -0.544. The van der Waals surface area contributed by atoms with E-state index in [0.717, 1.165) is 12.8 Å². The number of likely N-dealkylation sites (tertiary alicyclic amines) is 1. The van der Waals surface area contributed by atoms with E-state index in [1.165, 1.54) is 4.90 Å². The van der Waals surface area contributed by atoms with Crippen molar-refractivity contribution in [2.24, 2.45) is 0 Å². The summed E-state index contributed by atoms with van der Waals surface area (Å²) < 4.78 is 10.4. The van der Waals surface area contributed by atoms with Gasteiger partial charge in [0.25, 0.3) is 0 Å². The number of rotatable bonds is 3. The molecule has 0 aliphatic carbocycles. The molecule has 0 spiro atoms. The first kappa shape index (κ1) is 14.8. The van der Waals surface area contributed by atoms with Gasteiger partial charge in [0.1, 0.15) is 11.6 Å². The molecule has 1 atom stereocenters. The fourth-order valence-corrected chi connectivity index (χ4v) is 1.85. The number of amides is 1. The van der Waals surface area contributed by atoms with Crippen molar-refractivity contribution in [1.29, 1.82) is 0 Å². The zero-order valence-corrected chi connectivity index (χ0v) is 11.7. The van der Waals surface area contributed by atoms with Gasteiger partial charge in [-0.25, -0.2) is 9.59 Å². The Morgan fingerprint density at radius 1 is 1.33 bits per heavy atom. The van der Waals surface area contributed by atoms with Gasteiger partial charge in [-0.3, -0.25) is 4.90 Å². The second-order valence-electron chi connectivity index (χ2n) is 5.50. The number of carbonyl (C=O) groups is 2. The molecular weight excluding hydrogens is 234 g/mol. The first-order chi connectivity index (χ1) is 8.35. The van der Waals surface area contributed by atoms with Crippen molar-refractivity contribution in [1.82, 2.24) is 4.90 Å². The van der Waals surface area contributed by atoms with Crippen molar-refractivity contribution < 1.29 is 19.1 Å². The molecule has 5 nitrogen and oxygen atoms in total. The lowest BCUT2D eigenvalue weighted by atomic mass is 10.2. The number of hydrogen-bond donors (Lipinski definition) is 0. The fourth-order valence-electron chi connectivity index (χ4n) is 1.85. The summed E-state index contributed by atoms with van der Waals surface area (Å²) in [4.78, 5) is 25.2. The normalized spacial score (nSPS) is 19.8. The Kier molecular flexibility index (Phi) is 4.99. The molecule has 0 aromatic rings. The second kappa shape index (κ2) is 6.07. The van der Waals surface area contributed by atoms with Crippen LogP contribution in [0.5, 0.6) is 0 Å². The van der Waals surface area contributed by atoms with Gasteiger partial charge in [0.15, 0.2) is 0 Å². The maximum atomic E-state index is 11.9. The summed E-state index contributed by atoms with van der Waals surface area (Å²) >= 11 is 0. The predicted molar refractivity (Wildman–Crippen MR) is 67.2 cm³/mol. The molecular formula is C13H23NO4. The van der Waals surface area contributed by atoms with Crippen LogP contribution >= 0.6 is 0 Å². The van der Waals surface area contributed by atoms with Gasteiger partial charge >= 0.3 is 12.1 Å². The molecule has 1 rings (SSSR count). The molecule has 0 unspecified atom stereocenters. The number of carbonyl (C=O) groups excluding carboxylic acids is 2. The zero-order chi connectivity index (χ0) is 13.8. The predicted octanol–water partition coefficient (Wildman–Crippen LogP) is 2.34. The van der Waals surface area contributed by atoms with Gasteiger partial charge in [0, 0.05) is 6.54 Å². The molecule has 1 amide bonds. The van der Waals surface area contributed by atoms with Gasteiger partial charge in [-0.05, 0) is 40.0 Å². The highest BCUT2D eigenvalue weighted by atomic mass is 16.6. The van der Waals surface area contributed by atoms with Crippen molar-refractivity contribution in [3.63, 3.8) is 0 Å². The van der Waals surface area contributed by atoms with E-state index >= 15 is 0 Å². The van der Waals surface area contributed by atoms with E-state index in [1.54, 1.807) is 0 Å². The Labute approximate surface area is 108 Å². The average molecular weight is 257 g/mol. The molecule has 0 radical (unpaired) electrons. The standard InChI is InChI=1S/C13H23NO4/c1-5-9-17-11(15)10-7-6-8-14(10)12(16)18-13(2,3)4/h10H,5-9H2,1-4H3/t10-/m1/s1. The van der Waals surface area contributed by atoms with Crippen LogP contribution in [0.2, 0.25) is 0 Å². The van der Waals surface area contributed by atoms with Gasteiger partial charge in [0.2, 0.25) is 0 Å². The Bertz CT molecular complexity index is 309. The van der Waals surface area contributed by atoms with Crippen LogP contribution in [-0.4, -0.2) is 41.8 Å². The highest BCUT2D eigenvalue weighted by Crippen LogP contribution is 2.21. The lowest BCUT2D eigenvalue weighted by molar-refractivity contribution is -0.148. The van der Waals surface area contributed by atoms with Crippen LogP contribution in [0.15, 0.2) is 0 Å². The molecule has 0 N–H and O–H groups in total. The Hall–Kier alpha value is -1.26. The first-order valence-corrected chi connectivity index (χ1v) is 6.51. The van der Waals surface area contributed by atoms with Gasteiger partial charge in [-0.2, -0.15) is 0 Å². The molecule has 5 heteroatoms. The van der Waals surface area contributed by atoms with Crippen LogP contribution in [0.3, 0.4) is 0 Å². The van der Waals surface area contributed by atoms with Crippen LogP contribution in [0.1, 0.15) is 47.0 Å². The van der Waals surface area contributed by atoms with E-state index in [-0.39, 0.29) is 5.97 Å². The number of hydrogen-bond acceptors (Lipinski definition) is 4. The number of esters is 1. The SMILES string of the molecule is CCCOC(=O)[C@H]1CCCN1C(=O)OC(C)(C)C. The Balaban J connectivity index is 2.59. The zero-order valence-electron chi connectivity index (χ0n) is 11.7. The smallest absolute Gasteiger partial charge is 0.411 e. The summed E-state index contributed by atoms with van der Waals surface area (Å²) in [6.07, 6.45) is 1.82. The summed E-state index contributed by atoms with van der Waals surface area (Å²) in [6, 6.07) is -0.480. The third-order valence-corrected chi connectivity index (χ3v) is 2.60. The van der Waals surface area contributed by atoms with Crippen LogP contribution in [-0.2, 0) is 14.3 Å². The summed E-state index contributed by atoms with van der Waals surface area (Å²) in [5.74, 6) is -0.319. The van der Waals surface area contributed by atoms with Gasteiger partial charge < -0.3 is 9.47 Å². The number of nitrogens with zero attached hydrogens (tertiary/aromatic N) is 1. The summed E-state index contributed by atoms with van der Waals surface area (Å²) in [7, 11) is 0. The molecule has 1 aliphatic heterocycles. The first-order valence-electron chi connectivity index (χ1n) is 6.51. The quantitative estimate of drug-likeness (QED) is 0.728. The molecule has 0 aromatic carbocycles. The average Bonchev–Trinajstić information content (AvgIpc) is 2.72. The van der Waals surface area contributed by atoms with Crippen LogP contribution in [0.25, 0.3) is 0 Å². The largest absolute Gasteiger partial charge is 0.464 e. The van der Waals surface area contributed by atoms with Crippen molar-refractivity contribution in [3.05, 3.63) is 0 Å². The van der Waals surface area contributed by atoms with Crippen molar-refractivity contribution in [2.75, 3.05) is 13.2 Å². The highest BCUT2D eigenvalue weighted by molar-refractivity contribution is 5.82. The molecule has 104 valence electrons. The Morgan fingerprint density at radius 2 is 2.00 bits per heavy atom.